The van der Waals surface area contributed by atoms with Crippen molar-refractivity contribution in [3.05, 3.63) is 58.0 Å². The third-order valence-corrected chi connectivity index (χ3v) is 5.09. The van der Waals surface area contributed by atoms with Crippen molar-refractivity contribution in [3.8, 4) is 0 Å². The second-order valence-corrected chi connectivity index (χ2v) is 7.32. The van der Waals surface area contributed by atoms with Crippen LogP contribution < -0.4 is 16.6 Å². The molecule has 0 aliphatic carbocycles. The van der Waals surface area contributed by atoms with Gasteiger partial charge in [0.15, 0.2) is 0 Å². The Balaban J connectivity index is 1.69. The van der Waals surface area contributed by atoms with Gasteiger partial charge in [0.25, 0.3) is 11.5 Å². The summed E-state index contributed by atoms with van der Waals surface area (Å²) >= 11 is 0. The number of nitrogens with one attached hydrogen (secondary N) is 1. The molecule has 0 spiro atoms. The summed E-state index contributed by atoms with van der Waals surface area (Å²) in [6, 6.07) is 10.1. The summed E-state index contributed by atoms with van der Waals surface area (Å²) in [6.45, 7) is 3.94. The van der Waals surface area contributed by atoms with Gasteiger partial charge in [0, 0.05) is 24.8 Å². The molecule has 1 aliphatic heterocycles. The molecular formula is C21H27N5O3. The number of carbonyl (C=O) groups is 2. The fraction of sp³-hybridized carbons (Fsp3) is 0.429. The van der Waals surface area contributed by atoms with Crippen molar-refractivity contribution in [2.45, 2.75) is 51.7 Å². The number of likely N-dealkylation sites (tertiary alicyclic amines) is 1. The Morgan fingerprint density at radius 1 is 1.28 bits per heavy atom. The highest BCUT2D eigenvalue weighted by atomic mass is 16.2. The molecule has 2 heterocycles. The van der Waals surface area contributed by atoms with Crippen LogP contribution in [0.3, 0.4) is 0 Å². The first-order valence-electron chi connectivity index (χ1n) is 9.99. The average molecular weight is 397 g/mol. The van der Waals surface area contributed by atoms with Gasteiger partial charge in [0.05, 0.1) is 6.04 Å². The van der Waals surface area contributed by atoms with Crippen molar-refractivity contribution >= 4 is 17.5 Å². The maximum atomic E-state index is 12.6. The number of primary amides is 1. The number of unbranched alkanes of at least 4 members (excludes halogenated alkanes) is 1. The Hall–Kier alpha value is -3.00. The van der Waals surface area contributed by atoms with Crippen LogP contribution in [0.4, 0.5) is 5.69 Å². The van der Waals surface area contributed by atoms with E-state index in [4.69, 9.17) is 5.73 Å². The summed E-state index contributed by atoms with van der Waals surface area (Å²) in [6.07, 6.45) is 3.49. The number of anilines is 1. The third-order valence-electron chi connectivity index (χ3n) is 5.09. The quantitative estimate of drug-likeness (QED) is 0.705. The summed E-state index contributed by atoms with van der Waals surface area (Å²) in [5.41, 5.74) is 7.08. The van der Waals surface area contributed by atoms with Crippen molar-refractivity contribution in [2.24, 2.45) is 5.73 Å². The van der Waals surface area contributed by atoms with Crippen molar-refractivity contribution in [2.75, 3.05) is 11.9 Å². The highest BCUT2D eigenvalue weighted by molar-refractivity contribution is 6.02. The zero-order valence-corrected chi connectivity index (χ0v) is 16.6. The molecule has 1 unspecified atom stereocenters. The van der Waals surface area contributed by atoms with Gasteiger partial charge in [0.1, 0.15) is 5.69 Å². The largest absolute Gasteiger partial charge is 0.368 e. The molecule has 8 heteroatoms. The molecule has 29 heavy (non-hydrogen) atoms. The van der Waals surface area contributed by atoms with Crippen LogP contribution in [-0.4, -0.2) is 39.1 Å². The number of rotatable bonds is 8. The smallest absolute Gasteiger partial charge is 0.276 e. The topological polar surface area (TPSA) is 110 Å². The van der Waals surface area contributed by atoms with E-state index < -0.39 is 0 Å². The van der Waals surface area contributed by atoms with E-state index in [9.17, 15) is 14.4 Å². The lowest BCUT2D eigenvalue weighted by molar-refractivity contribution is -0.122. The number of amides is 2. The molecule has 1 aromatic heterocycles. The lowest BCUT2D eigenvalue weighted by Gasteiger charge is -2.22. The van der Waals surface area contributed by atoms with Crippen LogP contribution in [0.25, 0.3) is 0 Å². The van der Waals surface area contributed by atoms with E-state index in [0.29, 0.717) is 18.8 Å². The summed E-state index contributed by atoms with van der Waals surface area (Å²) in [5, 5.41) is 7.01. The SMILES string of the molecule is CCCCn1nc(C(=O)Nc2cccc(CN3CCCC3C(N)=O)c2)ccc1=O. The van der Waals surface area contributed by atoms with E-state index in [1.165, 1.54) is 16.8 Å². The number of aromatic nitrogens is 2. The standard InChI is InChI=1S/C21H27N5O3/c1-2-3-12-26-19(27)10-9-17(24-26)21(29)23-16-7-4-6-15(13-16)14-25-11-5-8-18(25)20(22)28/h4,6-7,9-10,13,18H,2-3,5,8,11-12,14H2,1H3,(H2,22,28)(H,23,29). The normalized spacial score (nSPS) is 16.7. The first kappa shape index (κ1) is 20.7. The Kier molecular flexibility index (Phi) is 6.77. The summed E-state index contributed by atoms with van der Waals surface area (Å²) in [7, 11) is 0. The van der Waals surface area contributed by atoms with Gasteiger partial charge in [0.2, 0.25) is 5.91 Å². The molecule has 3 rings (SSSR count). The van der Waals surface area contributed by atoms with E-state index >= 15 is 0 Å². The maximum Gasteiger partial charge on any atom is 0.276 e. The lowest BCUT2D eigenvalue weighted by atomic mass is 10.1. The number of carbonyl (C=O) groups excluding carboxylic acids is 2. The van der Waals surface area contributed by atoms with E-state index in [1.54, 1.807) is 6.07 Å². The van der Waals surface area contributed by atoms with Gasteiger partial charge in [-0.3, -0.25) is 19.3 Å². The van der Waals surface area contributed by atoms with Gasteiger partial charge in [-0.25, -0.2) is 4.68 Å². The van der Waals surface area contributed by atoms with Crippen LogP contribution in [0.1, 0.15) is 48.7 Å². The predicted molar refractivity (Wildman–Crippen MR) is 110 cm³/mol. The summed E-state index contributed by atoms with van der Waals surface area (Å²) in [5.74, 6) is -0.667. The first-order chi connectivity index (χ1) is 14.0. The Bertz CT molecular complexity index is 940. The first-order valence-corrected chi connectivity index (χ1v) is 9.99. The molecule has 1 saturated heterocycles. The number of nitrogens with two attached hydrogens (primary N) is 1. The Morgan fingerprint density at radius 3 is 2.86 bits per heavy atom. The Morgan fingerprint density at radius 2 is 2.10 bits per heavy atom. The number of nitrogens with zero attached hydrogens (tertiary/aromatic N) is 3. The summed E-state index contributed by atoms with van der Waals surface area (Å²) in [4.78, 5) is 38.1. The molecule has 0 saturated carbocycles. The van der Waals surface area contributed by atoms with Crippen LogP contribution in [0, 0.1) is 0 Å². The zero-order chi connectivity index (χ0) is 20.8. The average Bonchev–Trinajstić information content (AvgIpc) is 3.16. The molecule has 1 aliphatic rings. The van der Waals surface area contributed by atoms with Gasteiger partial charge in [-0.15, -0.1) is 0 Å². The highest BCUT2D eigenvalue weighted by Gasteiger charge is 2.28. The second-order valence-electron chi connectivity index (χ2n) is 7.32. The Labute approximate surface area is 169 Å². The number of aryl methyl sites for hydroxylation is 1. The summed E-state index contributed by atoms with van der Waals surface area (Å²) < 4.78 is 1.33. The molecular weight excluding hydrogens is 370 g/mol. The fourth-order valence-corrected chi connectivity index (χ4v) is 3.55. The molecule has 1 fully saturated rings. The highest BCUT2D eigenvalue weighted by Crippen LogP contribution is 2.21. The van der Waals surface area contributed by atoms with Crippen LogP contribution in [0.15, 0.2) is 41.2 Å². The van der Waals surface area contributed by atoms with E-state index in [0.717, 1.165) is 37.8 Å². The molecule has 0 radical (unpaired) electrons. The van der Waals surface area contributed by atoms with Crippen molar-refractivity contribution in [1.82, 2.24) is 14.7 Å². The fourth-order valence-electron chi connectivity index (χ4n) is 3.55. The molecule has 2 aromatic rings. The maximum absolute atomic E-state index is 12.6. The van der Waals surface area contributed by atoms with Gasteiger partial charge in [-0.2, -0.15) is 5.10 Å². The van der Waals surface area contributed by atoms with E-state index in [2.05, 4.69) is 15.3 Å². The number of benzene rings is 1. The lowest BCUT2D eigenvalue weighted by Crippen LogP contribution is -2.39. The zero-order valence-electron chi connectivity index (χ0n) is 16.6. The molecule has 2 amide bonds. The molecule has 1 aromatic carbocycles. The minimum absolute atomic E-state index is 0.194. The van der Waals surface area contributed by atoms with Gasteiger partial charge >= 0.3 is 0 Å². The number of hydrogen-bond donors (Lipinski definition) is 2. The minimum atomic E-state index is -0.372. The molecule has 3 N–H and O–H groups in total. The van der Waals surface area contributed by atoms with Crippen LogP contribution in [-0.2, 0) is 17.9 Å². The van der Waals surface area contributed by atoms with Gasteiger partial charge < -0.3 is 11.1 Å². The monoisotopic (exact) mass is 397 g/mol. The second kappa shape index (κ2) is 9.47. The van der Waals surface area contributed by atoms with E-state index in [1.807, 2.05) is 25.1 Å². The van der Waals surface area contributed by atoms with Crippen molar-refractivity contribution in [1.29, 1.82) is 0 Å². The molecule has 154 valence electrons. The third kappa shape index (κ3) is 5.29. The van der Waals surface area contributed by atoms with Crippen LogP contribution >= 0.6 is 0 Å². The molecule has 8 nitrogen and oxygen atoms in total. The molecule has 0 bridgehead atoms. The van der Waals surface area contributed by atoms with Crippen LogP contribution in [0.5, 0.6) is 0 Å². The van der Waals surface area contributed by atoms with Gasteiger partial charge in [-0.05, 0) is 49.6 Å². The molecule has 1 atom stereocenters. The number of hydrogen-bond acceptors (Lipinski definition) is 5. The predicted octanol–water partition coefficient (Wildman–Crippen LogP) is 1.75. The van der Waals surface area contributed by atoms with Crippen molar-refractivity contribution in [3.63, 3.8) is 0 Å². The van der Waals surface area contributed by atoms with Crippen LogP contribution in [0.2, 0.25) is 0 Å². The van der Waals surface area contributed by atoms with E-state index in [-0.39, 0.29) is 29.1 Å². The van der Waals surface area contributed by atoms with Gasteiger partial charge in [-0.1, -0.05) is 25.5 Å². The van der Waals surface area contributed by atoms with Crippen molar-refractivity contribution < 1.29 is 9.59 Å². The minimum Gasteiger partial charge on any atom is -0.368 e.